The molecule has 1 aliphatic carbocycles. The Kier molecular flexibility index (Phi) is 2.83. The highest BCUT2D eigenvalue weighted by Crippen LogP contribution is 2.31. The molecule has 0 aliphatic heterocycles. The van der Waals surface area contributed by atoms with Gasteiger partial charge in [-0.3, -0.25) is 0 Å². The lowest BCUT2D eigenvalue weighted by Crippen LogP contribution is -1.95. The first kappa shape index (κ1) is 10.0. The summed E-state index contributed by atoms with van der Waals surface area (Å²) >= 11 is 6.08. The molecule has 0 amide bonds. The molecule has 2 rings (SSSR count). The van der Waals surface area contributed by atoms with Gasteiger partial charge >= 0.3 is 0 Å². The molecule has 1 heteroatoms. The number of fused-ring (bicyclic) bond motifs is 1. The van der Waals surface area contributed by atoms with E-state index in [-0.39, 0.29) is 5.38 Å². The van der Waals surface area contributed by atoms with Crippen LogP contribution in [-0.2, 0) is 12.8 Å². The van der Waals surface area contributed by atoms with Gasteiger partial charge in [-0.25, -0.2) is 0 Å². The van der Waals surface area contributed by atoms with Crippen molar-refractivity contribution >= 4 is 11.6 Å². The lowest BCUT2D eigenvalue weighted by atomic mass is 10.0. The van der Waals surface area contributed by atoms with E-state index in [1.165, 1.54) is 36.0 Å². The minimum Gasteiger partial charge on any atom is -0.118 e. The van der Waals surface area contributed by atoms with Crippen LogP contribution in [0.25, 0.3) is 0 Å². The monoisotopic (exact) mass is 208 g/mol. The zero-order valence-electron chi connectivity index (χ0n) is 8.89. The second-order valence-electron chi connectivity index (χ2n) is 4.33. The molecule has 0 spiro atoms. The maximum Gasteiger partial charge on any atom is 0.0557 e. The van der Waals surface area contributed by atoms with Gasteiger partial charge in [0.05, 0.1) is 5.38 Å². The Bertz CT molecular complexity index is 328. The fourth-order valence-corrected chi connectivity index (χ4v) is 2.40. The summed E-state index contributed by atoms with van der Waals surface area (Å²) in [5, 5.41) is 0.140. The van der Waals surface area contributed by atoms with Gasteiger partial charge in [0.2, 0.25) is 0 Å². The number of halogens is 1. The van der Waals surface area contributed by atoms with E-state index in [0.717, 1.165) is 5.92 Å². The van der Waals surface area contributed by atoms with Crippen LogP contribution in [0.5, 0.6) is 0 Å². The summed E-state index contributed by atoms with van der Waals surface area (Å²) in [5.74, 6) is 0.867. The van der Waals surface area contributed by atoms with Crippen molar-refractivity contribution in [2.45, 2.75) is 38.5 Å². The second kappa shape index (κ2) is 3.94. The van der Waals surface area contributed by atoms with Crippen molar-refractivity contribution in [2.75, 3.05) is 0 Å². The van der Waals surface area contributed by atoms with Crippen LogP contribution >= 0.6 is 11.6 Å². The first-order valence-electron chi connectivity index (χ1n) is 5.46. The van der Waals surface area contributed by atoms with Gasteiger partial charge in [0.25, 0.3) is 0 Å². The third kappa shape index (κ3) is 1.81. The predicted molar refractivity (Wildman–Crippen MR) is 61.9 cm³/mol. The topological polar surface area (TPSA) is 0 Å². The van der Waals surface area contributed by atoms with Crippen LogP contribution in [0.15, 0.2) is 18.2 Å². The van der Waals surface area contributed by atoms with E-state index in [1.807, 2.05) is 6.92 Å². The van der Waals surface area contributed by atoms with Crippen molar-refractivity contribution in [2.24, 2.45) is 5.92 Å². The van der Waals surface area contributed by atoms with Gasteiger partial charge in [-0.15, -0.1) is 11.6 Å². The van der Waals surface area contributed by atoms with Crippen LogP contribution in [0.3, 0.4) is 0 Å². The summed E-state index contributed by atoms with van der Waals surface area (Å²) in [6.45, 7) is 4.32. The molecule has 0 nitrogen and oxygen atoms in total. The molecule has 1 aromatic rings. The average Bonchev–Trinajstić information content (AvgIpc) is 2.58. The minimum atomic E-state index is 0.140. The molecular weight excluding hydrogens is 192 g/mol. The highest BCUT2D eigenvalue weighted by atomic mass is 35.5. The lowest BCUT2D eigenvalue weighted by molar-refractivity contribution is 0.543. The molecule has 1 aromatic carbocycles. The minimum absolute atomic E-state index is 0.140. The zero-order valence-corrected chi connectivity index (χ0v) is 9.64. The molecule has 76 valence electrons. The van der Waals surface area contributed by atoms with Crippen molar-refractivity contribution < 1.29 is 0 Å². The molecule has 1 aliphatic rings. The van der Waals surface area contributed by atoms with Gasteiger partial charge in [0, 0.05) is 0 Å². The Hall–Kier alpha value is -0.490. The predicted octanol–water partition coefficient (Wildman–Crippen LogP) is 4.11. The van der Waals surface area contributed by atoms with Crippen molar-refractivity contribution in [3.05, 3.63) is 34.9 Å². The zero-order chi connectivity index (χ0) is 10.1. The average molecular weight is 209 g/mol. The molecule has 0 aromatic heterocycles. The number of rotatable bonds is 2. The van der Waals surface area contributed by atoms with E-state index in [4.69, 9.17) is 11.6 Å². The van der Waals surface area contributed by atoms with Gasteiger partial charge < -0.3 is 0 Å². The van der Waals surface area contributed by atoms with E-state index < -0.39 is 0 Å². The highest BCUT2D eigenvalue weighted by molar-refractivity contribution is 6.20. The van der Waals surface area contributed by atoms with Crippen molar-refractivity contribution in [1.82, 2.24) is 0 Å². The summed E-state index contributed by atoms with van der Waals surface area (Å²) in [7, 11) is 0. The fraction of sp³-hybridized carbons (Fsp3) is 0.538. The van der Waals surface area contributed by atoms with Crippen molar-refractivity contribution in [3.63, 3.8) is 0 Å². The van der Waals surface area contributed by atoms with Crippen LogP contribution in [0.1, 0.15) is 42.3 Å². The standard InChI is InChI=1S/C13H17Cl/c1-3-10-6-12-5-4-11(9(2)14)8-13(12)7-10/h4-5,8-10H,3,6-7H2,1-2H3. The Morgan fingerprint density at radius 3 is 2.71 bits per heavy atom. The Morgan fingerprint density at radius 1 is 1.36 bits per heavy atom. The molecule has 14 heavy (non-hydrogen) atoms. The molecule has 0 saturated carbocycles. The third-order valence-corrected chi connectivity index (χ3v) is 3.54. The maximum absolute atomic E-state index is 6.08. The summed E-state index contributed by atoms with van der Waals surface area (Å²) < 4.78 is 0. The SMILES string of the molecule is CCC1Cc2ccc(C(C)Cl)cc2C1. The normalized spacial score (nSPS) is 22.1. The van der Waals surface area contributed by atoms with Crippen molar-refractivity contribution in [3.8, 4) is 0 Å². The molecule has 0 N–H and O–H groups in total. The molecular formula is C13H17Cl. The molecule has 2 unspecified atom stereocenters. The van der Waals surface area contributed by atoms with E-state index in [9.17, 15) is 0 Å². The van der Waals surface area contributed by atoms with E-state index in [0.29, 0.717) is 0 Å². The lowest BCUT2D eigenvalue weighted by Gasteiger charge is -2.05. The number of alkyl halides is 1. The third-order valence-electron chi connectivity index (χ3n) is 3.28. The summed E-state index contributed by atoms with van der Waals surface area (Å²) in [6, 6.07) is 6.73. The van der Waals surface area contributed by atoms with E-state index in [2.05, 4.69) is 25.1 Å². The summed E-state index contributed by atoms with van der Waals surface area (Å²) in [4.78, 5) is 0. The molecule has 0 fully saturated rings. The van der Waals surface area contributed by atoms with Gasteiger partial charge in [-0.2, -0.15) is 0 Å². The molecule has 0 bridgehead atoms. The van der Waals surface area contributed by atoms with Crippen LogP contribution < -0.4 is 0 Å². The van der Waals surface area contributed by atoms with Gasteiger partial charge in [-0.05, 0) is 42.4 Å². The molecule has 0 saturated heterocycles. The highest BCUT2D eigenvalue weighted by Gasteiger charge is 2.20. The Morgan fingerprint density at radius 2 is 2.07 bits per heavy atom. The van der Waals surface area contributed by atoms with Crippen LogP contribution in [-0.4, -0.2) is 0 Å². The molecule has 0 radical (unpaired) electrons. The van der Waals surface area contributed by atoms with Gasteiger partial charge in [0.1, 0.15) is 0 Å². The fourth-order valence-electron chi connectivity index (χ4n) is 2.27. The first-order valence-corrected chi connectivity index (χ1v) is 5.90. The first-order chi connectivity index (χ1) is 6.70. The largest absolute Gasteiger partial charge is 0.118 e. The maximum atomic E-state index is 6.08. The Labute approximate surface area is 91.3 Å². The number of benzene rings is 1. The van der Waals surface area contributed by atoms with E-state index >= 15 is 0 Å². The quantitative estimate of drug-likeness (QED) is 0.642. The van der Waals surface area contributed by atoms with Gasteiger partial charge in [0.15, 0.2) is 0 Å². The second-order valence-corrected chi connectivity index (χ2v) is 4.98. The van der Waals surface area contributed by atoms with Crippen LogP contribution in [0, 0.1) is 5.92 Å². The van der Waals surface area contributed by atoms with Crippen LogP contribution in [0.2, 0.25) is 0 Å². The van der Waals surface area contributed by atoms with E-state index in [1.54, 1.807) is 0 Å². The Balaban J connectivity index is 2.26. The van der Waals surface area contributed by atoms with Crippen LogP contribution in [0.4, 0.5) is 0 Å². The molecule has 0 heterocycles. The van der Waals surface area contributed by atoms with Gasteiger partial charge in [-0.1, -0.05) is 31.5 Å². The molecule has 2 atom stereocenters. The van der Waals surface area contributed by atoms with Crippen molar-refractivity contribution in [1.29, 1.82) is 0 Å². The number of hydrogen-bond donors (Lipinski definition) is 0. The number of hydrogen-bond acceptors (Lipinski definition) is 0. The summed E-state index contributed by atoms with van der Waals surface area (Å²) in [5.41, 5.74) is 4.34. The summed E-state index contributed by atoms with van der Waals surface area (Å²) in [6.07, 6.45) is 3.81. The smallest absolute Gasteiger partial charge is 0.0557 e.